The van der Waals surface area contributed by atoms with E-state index in [0.29, 0.717) is 11.4 Å². The van der Waals surface area contributed by atoms with E-state index in [1.54, 1.807) is 7.11 Å². The molecule has 0 aliphatic carbocycles. The Hall–Kier alpha value is -2.33. The van der Waals surface area contributed by atoms with Gasteiger partial charge in [0.15, 0.2) is 0 Å². The van der Waals surface area contributed by atoms with Crippen LogP contribution in [0.3, 0.4) is 0 Å². The monoisotopic (exact) mass is 340 g/mol. The number of amides is 1. The topological polar surface area (TPSA) is 41.6 Å². The zero-order chi connectivity index (χ0) is 18.6. The maximum atomic E-state index is 12.7. The van der Waals surface area contributed by atoms with Crippen molar-refractivity contribution in [1.82, 2.24) is 4.90 Å². The second kappa shape index (κ2) is 8.17. The number of methoxy groups -OCH3 is 1. The van der Waals surface area contributed by atoms with E-state index >= 15 is 0 Å². The normalized spacial score (nSPS) is 12.1. The van der Waals surface area contributed by atoms with Gasteiger partial charge < -0.3 is 10.1 Å². The van der Waals surface area contributed by atoms with Crippen LogP contribution in [0.15, 0.2) is 36.4 Å². The molecule has 0 heterocycles. The number of anilines is 1. The molecular weight excluding hydrogens is 312 g/mol. The number of hydrogen-bond donors (Lipinski definition) is 1. The van der Waals surface area contributed by atoms with Crippen LogP contribution in [0.1, 0.15) is 29.2 Å². The van der Waals surface area contributed by atoms with Gasteiger partial charge in [-0.25, -0.2) is 0 Å². The number of likely N-dealkylation sites (N-methyl/N-ethyl adjacent to an activating group) is 1. The molecule has 134 valence electrons. The number of carbonyl (C=O) groups is 1. The Balaban J connectivity index is 2.07. The Morgan fingerprint density at radius 3 is 2.40 bits per heavy atom. The number of ether oxygens (including phenoxy) is 1. The first-order valence-electron chi connectivity index (χ1n) is 8.53. The SMILES string of the molecule is COc1ccc(C)cc1NC(=O)C(C)N(C)Cc1ccc(C)cc1C. The average Bonchev–Trinajstić information content (AvgIpc) is 2.56. The van der Waals surface area contributed by atoms with Gasteiger partial charge in [-0.05, 0) is 63.6 Å². The van der Waals surface area contributed by atoms with E-state index in [0.717, 1.165) is 12.1 Å². The summed E-state index contributed by atoms with van der Waals surface area (Å²) in [5.74, 6) is 0.624. The van der Waals surface area contributed by atoms with Crippen LogP contribution in [0, 0.1) is 20.8 Å². The van der Waals surface area contributed by atoms with E-state index in [1.807, 2.05) is 39.1 Å². The molecule has 1 N–H and O–H groups in total. The van der Waals surface area contributed by atoms with Gasteiger partial charge in [0.25, 0.3) is 0 Å². The number of rotatable bonds is 6. The molecule has 0 aromatic heterocycles. The number of aryl methyl sites for hydroxylation is 3. The van der Waals surface area contributed by atoms with E-state index in [2.05, 4.69) is 42.3 Å². The molecular formula is C21H28N2O2. The smallest absolute Gasteiger partial charge is 0.241 e. The molecule has 0 radical (unpaired) electrons. The Bertz CT molecular complexity index is 756. The third-order valence-corrected chi connectivity index (χ3v) is 4.57. The predicted octanol–water partition coefficient (Wildman–Crippen LogP) is 4.08. The second-order valence-electron chi connectivity index (χ2n) is 6.71. The second-order valence-corrected chi connectivity index (χ2v) is 6.71. The summed E-state index contributed by atoms with van der Waals surface area (Å²) >= 11 is 0. The predicted molar refractivity (Wildman–Crippen MR) is 103 cm³/mol. The van der Waals surface area contributed by atoms with Crippen LogP contribution >= 0.6 is 0 Å². The lowest BCUT2D eigenvalue weighted by atomic mass is 10.0. The molecule has 0 fully saturated rings. The van der Waals surface area contributed by atoms with Crippen LogP contribution in [0.25, 0.3) is 0 Å². The minimum atomic E-state index is -0.258. The molecule has 25 heavy (non-hydrogen) atoms. The van der Waals surface area contributed by atoms with Crippen LogP contribution in [-0.4, -0.2) is 31.0 Å². The maximum absolute atomic E-state index is 12.7. The molecule has 0 saturated heterocycles. The molecule has 1 unspecified atom stereocenters. The van der Waals surface area contributed by atoms with Gasteiger partial charge in [-0.2, -0.15) is 0 Å². The molecule has 0 aliphatic heterocycles. The molecule has 1 amide bonds. The van der Waals surface area contributed by atoms with Crippen molar-refractivity contribution < 1.29 is 9.53 Å². The number of carbonyl (C=O) groups excluding carboxylic acids is 1. The van der Waals surface area contributed by atoms with Crippen molar-refractivity contribution in [1.29, 1.82) is 0 Å². The molecule has 4 nitrogen and oxygen atoms in total. The molecule has 0 saturated carbocycles. The third-order valence-electron chi connectivity index (χ3n) is 4.57. The van der Waals surface area contributed by atoms with Gasteiger partial charge in [0.05, 0.1) is 18.8 Å². The van der Waals surface area contributed by atoms with Gasteiger partial charge >= 0.3 is 0 Å². The van der Waals surface area contributed by atoms with Crippen molar-refractivity contribution in [2.75, 3.05) is 19.5 Å². The van der Waals surface area contributed by atoms with Crippen molar-refractivity contribution in [2.45, 2.75) is 40.3 Å². The Morgan fingerprint density at radius 1 is 1.12 bits per heavy atom. The van der Waals surface area contributed by atoms with Gasteiger partial charge in [-0.1, -0.05) is 29.8 Å². The summed E-state index contributed by atoms with van der Waals surface area (Å²) < 4.78 is 5.34. The first kappa shape index (κ1) is 19.0. The van der Waals surface area contributed by atoms with Crippen molar-refractivity contribution in [3.63, 3.8) is 0 Å². The van der Waals surface area contributed by atoms with Crippen molar-refractivity contribution in [2.24, 2.45) is 0 Å². The Morgan fingerprint density at radius 2 is 1.76 bits per heavy atom. The summed E-state index contributed by atoms with van der Waals surface area (Å²) in [6.45, 7) is 8.84. The molecule has 2 aromatic rings. The lowest BCUT2D eigenvalue weighted by Gasteiger charge is -2.25. The van der Waals surface area contributed by atoms with E-state index in [4.69, 9.17) is 4.74 Å². The summed E-state index contributed by atoms with van der Waals surface area (Å²) in [6.07, 6.45) is 0. The fourth-order valence-corrected chi connectivity index (χ4v) is 2.79. The summed E-state index contributed by atoms with van der Waals surface area (Å²) in [5, 5.41) is 2.99. The minimum Gasteiger partial charge on any atom is -0.495 e. The van der Waals surface area contributed by atoms with Crippen LogP contribution in [0.2, 0.25) is 0 Å². The van der Waals surface area contributed by atoms with Crippen molar-refractivity contribution in [3.05, 3.63) is 58.7 Å². The van der Waals surface area contributed by atoms with E-state index < -0.39 is 0 Å². The lowest BCUT2D eigenvalue weighted by Crippen LogP contribution is -2.39. The molecule has 1 atom stereocenters. The third kappa shape index (κ3) is 4.83. The molecule has 0 aliphatic rings. The number of benzene rings is 2. The van der Waals surface area contributed by atoms with Crippen molar-refractivity contribution in [3.8, 4) is 5.75 Å². The van der Waals surface area contributed by atoms with E-state index in [9.17, 15) is 4.79 Å². The highest BCUT2D eigenvalue weighted by Crippen LogP contribution is 2.25. The number of nitrogens with zero attached hydrogens (tertiary/aromatic N) is 1. The highest BCUT2D eigenvalue weighted by atomic mass is 16.5. The zero-order valence-corrected chi connectivity index (χ0v) is 16.0. The van der Waals surface area contributed by atoms with Gasteiger partial charge in [-0.15, -0.1) is 0 Å². The first-order valence-corrected chi connectivity index (χ1v) is 8.53. The van der Waals surface area contributed by atoms with Gasteiger partial charge in [-0.3, -0.25) is 9.69 Å². The van der Waals surface area contributed by atoms with Crippen LogP contribution < -0.4 is 10.1 Å². The molecule has 2 rings (SSSR count). The standard InChI is InChI=1S/C21H28N2O2/c1-14-7-9-18(16(3)11-14)13-23(5)17(4)21(24)22-19-12-15(2)8-10-20(19)25-6/h7-12,17H,13H2,1-6H3,(H,22,24). The number of nitrogens with one attached hydrogen (secondary N) is 1. The fourth-order valence-electron chi connectivity index (χ4n) is 2.79. The summed E-state index contributed by atoms with van der Waals surface area (Å²) in [4.78, 5) is 14.7. The highest BCUT2D eigenvalue weighted by Gasteiger charge is 2.20. The molecule has 0 spiro atoms. The molecule has 0 bridgehead atoms. The number of hydrogen-bond acceptors (Lipinski definition) is 3. The lowest BCUT2D eigenvalue weighted by molar-refractivity contribution is -0.120. The average molecular weight is 340 g/mol. The molecule has 2 aromatic carbocycles. The largest absolute Gasteiger partial charge is 0.495 e. The van der Waals surface area contributed by atoms with Crippen LogP contribution in [-0.2, 0) is 11.3 Å². The van der Waals surface area contributed by atoms with Crippen LogP contribution in [0.5, 0.6) is 5.75 Å². The molecule has 4 heteroatoms. The van der Waals surface area contributed by atoms with Gasteiger partial charge in [0, 0.05) is 6.54 Å². The first-order chi connectivity index (χ1) is 11.8. The minimum absolute atomic E-state index is 0.0452. The van der Waals surface area contributed by atoms with Crippen molar-refractivity contribution >= 4 is 11.6 Å². The van der Waals surface area contributed by atoms with Gasteiger partial charge in [0.2, 0.25) is 5.91 Å². The van der Waals surface area contributed by atoms with E-state index in [1.165, 1.54) is 16.7 Å². The van der Waals surface area contributed by atoms with Gasteiger partial charge in [0.1, 0.15) is 5.75 Å². The summed E-state index contributed by atoms with van der Waals surface area (Å²) in [6, 6.07) is 11.9. The fraction of sp³-hybridized carbons (Fsp3) is 0.381. The Labute approximate surface area is 150 Å². The summed E-state index contributed by atoms with van der Waals surface area (Å²) in [7, 11) is 3.58. The maximum Gasteiger partial charge on any atom is 0.241 e. The Kier molecular flexibility index (Phi) is 6.21. The quantitative estimate of drug-likeness (QED) is 0.861. The highest BCUT2D eigenvalue weighted by molar-refractivity contribution is 5.95. The zero-order valence-electron chi connectivity index (χ0n) is 16.0. The summed E-state index contributed by atoms with van der Waals surface area (Å²) in [5.41, 5.74) is 5.52. The van der Waals surface area contributed by atoms with Crippen LogP contribution in [0.4, 0.5) is 5.69 Å². The van der Waals surface area contributed by atoms with E-state index in [-0.39, 0.29) is 11.9 Å².